The summed E-state index contributed by atoms with van der Waals surface area (Å²) in [5, 5.41) is 0. The fourth-order valence-electron chi connectivity index (χ4n) is 2.54. The van der Waals surface area contributed by atoms with E-state index in [2.05, 4.69) is 31.2 Å². The van der Waals surface area contributed by atoms with Crippen molar-refractivity contribution in [3.8, 4) is 0 Å². The van der Waals surface area contributed by atoms with Crippen LogP contribution in [0.3, 0.4) is 0 Å². The van der Waals surface area contributed by atoms with E-state index in [1.807, 2.05) is 34.6 Å². The van der Waals surface area contributed by atoms with Crippen molar-refractivity contribution >= 4 is 11.5 Å². The van der Waals surface area contributed by atoms with Gasteiger partial charge in [0.15, 0.2) is 0 Å². The Balaban J connectivity index is 2.44. The summed E-state index contributed by atoms with van der Waals surface area (Å²) >= 11 is 0. The van der Waals surface area contributed by atoms with Gasteiger partial charge in [-0.25, -0.2) is 4.79 Å². The van der Waals surface area contributed by atoms with Gasteiger partial charge in [0.2, 0.25) is 0 Å². The molecule has 0 atom stereocenters. The summed E-state index contributed by atoms with van der Waals surface area (Å²) in [5.74, 6) is 0.911. The van der Waals surface area contributed by atoms with Crippen molar-refractivity contribution in [1.82, 2.24) is 0 Å². The third-order valence-corrected chi connectivity index (χ3v) is 3.62. The summed E-state index contributed by atoms with van der Waals surface area (Å²) in [7, 11) is 0. The lowest BCUT2D eigenvalue weighted by Crippen LogP contribution is -2.23. The van der Waals surface area contributed by atoms with Crippen LogP contribution in [-0.2, 0) is 4.74 Å². The molecule has 0 spiro atoms. The number of furan rings is 1. The van der Waals surface area contributed by atoms with Gasteiger partial charge >= 0.3 is 5.97 Å². The van der Waals surface area contributed by atoms with E-state index >= 15 is 0 Å². The van der Waals surface area contributed by atoms with Gasteiger partial charge < -0.3 is 9.15 Å². The summed E-state index contributed by atoms with van der Waals surface area (Å²) in [5.41, 5.74) is 4.36. The molecule has 0 fully saturated rings. The number of rotatable bonds is 3. The van der Waals surface area contributed by atoms with Crippen molar-refractivity contribution in [3.63, 3.8) is 0 Å². The first kappa shape index (κ1) is 18.1. The molecule has 0 amide bonds. The highest BCUT2D eigenvalue weighted by atomic mass is 16.6. The minimum atomic E-state index is -0.531. The van der Waals surface area contributed by atoms with Gasteiger partial charge in [0.25, 0.3) is 0 Å². The molecule has 3 nitrogen and oxygen atoms in total. The van der Waals surface area contributed by atoms with E-state index < -0.39 is 5.60 Å². The van der Waals surface area contributed by atoms with Gasteiger partial charge in [0, 0.05) is 5.57 Å². The first-order chi connectivity index (χ1) is 11.1. The van der Waals surface area contributed by atoms with Gasteiger partial charge in [-0.05, 0) is 60.1 Å². The molecule has 0 unspecified atom stereocenters. The van der Waals surface area contributed by atoms with E-state index in [0.717, 1.165) is 16.7 Å². The monoisotopic (exact) mass is 326 g/mol. The zero-order valence-electron chi connectivity index (χ0n) is 15.6. The number of hydrogen-bond donors (Lipinski definition) is 0. The van der Waals surface area contributed by atoms with E-state index in [4.69, 9.17) is 9.15 Å². The SMILES string of the molecule is CC(C)=C(c1ccc(C)cc1)c1cc(C(=O)OC(C)(C)C)c(C)o1. The summed E-state index contributed by atoms with van der Waals surface area (Å²) in [6.45, 7) is 13.5. The Morgan fingerprint density at radius 2 is 1.62 bits per heavy atom. The van der Waals surface area contributed by atoms with E-state index in [1.54, 1.807) is 13.0 Å². The molecular weight excluding hydrogens is 300 g/mol. The second-order valence-electron chi connectivity index (χ2n) is 7.32. The molecule has 3 heteroatoms. The molecule has 2 rings (SSSR count). The van der Waals surface area contributed by atoms with E-state index in [-0.39, 0.29) is 5.97 Å². The molecule has 0 aliphatic rings. The number of esters is 1. The summed E-state index contributed by atoms with van der Waals surface area (Å²) < 4.78 is 11.4. The van der Waals surface area contributed by atoms with E-state index in [0.29, 0.717) is 17.1 Å². The Morgan fingerprint density at radius 1 is 1.04 bits per heavy atom. The summed E-state index contributed by atoms with van der Waals surface area (Å²) in [6.07, 6.45) is 0. The number of ether oxygens (including phenoxy) is 1. The van der Waals surface area contributed by atoms with Crippen LogP contribution in [0.1, 0.15) is 67.6 Å². The maximum absolute atomic E-state index is 12.4. The van der Waals surface area contributed by atoms with Crippen LogP contribution in [0.4, 0.5) is 0 Å². The highest BCUT2D eigenvalue weighted by Gasteiger charge is 2.23. The molecule has 24 heavy (non-hydrogen) atoms. The smallest absolute Gasteiger partial charge is 0.342 e. The second-order valence-corrected chi connectivity index (χ2v) is 7.32. The van der Waals surface area contributed by atoms with Gasteiger partial charge in [-0.1, -0.05) is 35.4 Å². The number of aryl methyl sites for hydroxylation is 2. The Hall–Kier alpha value is -2.29. The topological polar surface area (TPSA) is 39.4 Å². The van der Waals surface area contributed by atoms with Gasteiger partial charge in [-0.15, -0.1) is 0 Å². The lowest BCUT2D eigenvalue weighted by Gasteiger charge is -2.18. The van der Waals surface area contributed by atoms with E-state index in [9.17, 15) is 4.79 Å². The van der Waals surface area contributed by atoms with Crippen LogP contribution in [0, 0.1) is 13.8 Å². The predicted molar refractivity (Wildman–Crippen MR) is 97.2 cm³/mol. The number of carbonyl (C=O) groups is 1. The van der Waals surface area contributed by atoms with Gasteiger partial charge in [0.1, 0.15) is 22.7 Å². The molecule has 128 valence electrons. The average Bonchev–Trinajstić information content (AvgIpc) is 2.81. The molecule has 0 aliphatic heterocycles. The molecule has 1 heterocycles. The Morgan fingerprint density at radius 3 is 2.12 bits per heavy atom. The van der Waals surface area contributed by atoms with Crippen molar-refractivity contribution in [2.24, 2.45) is 0 Å². The van der Waals surface area contributed by atoms with Crippen molar-refractivity contribution in [2.45, 2.75) is 54.1 Å². The number of allylic oxidation sites excluding steroid dienone is 1. The van der Waals surface area contributed by atoms with Crippen LogP contribution in [0.15, 0.2) is 40.3 Å². The van der Waals surface area contributed by atoms with Crippen molar-refractivity contribution in [3.05, 3.63) is 64.1 Å². The Labute approximate surface area is 144 Å². The van der Waals surface area contributed by atoms with Crippen molar-refractivity contribution in [2.75, 3.05) is 0 Å². The first-order valence-corrected chi connectivity index (χ1v) is 8.17. The fourth-order valence-corrected chi connectivity index (χ4v) is 2.54. The quantitative estimate of drug-likeness (QED) is 0.680. The molecule has 1 aromatic heterocycles. The van der Waals surface area contributed by atoms with Gasteiger partial charge in [0.05, 0.1) is 0 Å². The highest BCUT2D eigenvalue weighted by molar-refractivity contribution is 5.92. The standard InChI is InChI=1S/C21H26O3/c1-13(2)19(16-10-8-14(3)9-11-16)18-12-17(15(4)23-18)20(22)24-21(5,6)7/h8-12H,1-7H3. The van der Waals surface area contributed by atoms with Crippen LogP contribution in [0.25, 0.3) is 5.57 Å². The molecule has 2 aromatic rings. The Bertz CT molecular complexity index is 764. The maximum atomic E-state index is 12.4. The lowest BCUT2D eigenvalue weighted by atomic mass is 9.98. The molecule has 0 N–H and O–H groups in total. The normalized spacial score (nSPS) is 11.3. The third-order valence-electron chi connectivity index (χ3n) is 3.62. The van der Waals surface area contributed by atoms with Gasteiger partial charge in [-0.3, -0.25) is 0 Å². The number of benzene rings is 1. The largest absolute Gasteiger partial charge is 0.460 e. The average molecular weight is 326 g/mol. The van der Waals surface area contributed by atoms with Crippen LogP contribution in [-0.4, -0.2) is 11.6 Å². The van der Waals surface area contributed by atoms with Crippen LogP contribution in [0.2, 0.25) is 0 Å². The molecule has 1 aromatic carbocycles. The zero-order chi connectivity index (χ0) is 18.1. The number of hydrogen-bond acceptors (Lipinski definition) is 3. The molecule has 0 saturated heterocycles. The minimum absolute atomic E-state index is 0.355. The van der Waals surface area contributed by atoms with Crippen molar-refractivity contribution < 1.29 is 13.9 Å². The third kappa shape index (κ3) is 4.16. The predicted octanol–water partition coefficient (Wildman–Crippen LogP) is 5.69. The number of carbonyl (C=O) groups excluding carboxylic acids is 1. The zero-order valence-corrected chi connectivity index (χ0v) is 15.6. The lowest BCUT2D eigenvalue weighted by molar-refractivity contribution is 0.00678. The summed E-state index contributed by atoms with van der Waals surface area (Å²) in [4.78, 5) is 12.4. The van der Waals surface area contributed by atoms with Gasteiger partial charge in [-0.2, -0.15) is 0 Å². The molecule has 0 bridgehead atoms. The maximum Gasteiger partial charge on any atom is 0.342 e. The molecule has 0 radical (unpaired) electrons. The molecule has 0 saturated carbocycles. The molecular formula is C21H26O3. The van der Waals surface area contributed by atoms with Crippen LogP contribution < -0.4 is 0 Å². The Kier molecular flexibility index (Phi) is 5.02. The first-order valence-electron chi connectivity index (χ1n) is 8.17. The molecule has 0 aliphatic carbocycles. The second kappa shape index (κ2) is 6.68. The highest BCUT2D eigenvalue weighted by Crippen LogP contribution is 2.31. The van der Waals surface area contributed by atoms with Crippen LogP contribution >= 0.6 is 0 Å². The summed E-state index contributed by atoms with van der Waals surface area (Å²) in [6, 6.07) is 10.1. The fraction of sp³-hybridized carbons (Fsp3) is 0.381. The van der Waals surface area contributed by atoms with Crippen molar-refractivity contribution in [1.29, 1.82) is 0 Å². The van der Waals surface area contributed by atoms with Crippen LogP contribution in [0.5, 0.6) is 0 Å². The van der Waals surface area contributed by atoms with E-state index in [1.165, 1.54) is 5.56 Å². The minimum Gasteiger partial charge on any atom is -0.460 e.